The van der Waals surface area contributed by atoms with Gasteiger partial charge in [0.2, 0.25) is 0 Å². The van der Waals surface area contributed by atoms with Gasteiger partial charge in [-0.3, -0.25) is 4.79 Å². The van der Waals surface area contributed by atoms with Crippen LogP contribution in [0.2, 0.25) is 0 Å². The minimum Gasteiger partial charge on any atom is -0.507 e. The van der Waals surface area contributed by atoms with Crippen molar-refractivity contribution in [2.45, 2.75) is 21.9 Å². The van der Waals surface area contributed by atoms with Crippen molar-refractivity contribution in [2.24, 2.45) is 0 Å². The highest BCUT2D eigenvalue weighted by atomic mass is 32.2. The maximum Gasteiger partial charge on any atom is 0.417 e. The Bertz CT molecular complexity index is 1960. The predicted molar refractivity (Wildman–Crippen MR) is 150 cm³/mol. The molecule has 15 heteroatoms. The Morgan fingerprint density at radius 2 is 1.65 bits per heavy atom. The van der Waals surface area contributed by atoms with E-state index >= 15 is 4.39 Å². The van der Waals surface area contributed by atoms with E-state index in [1.807, 2.05) is 0 Å². The number of aromatic hydroxyl groups is 1. The second kappa shape index (κ2) is 12.7. The summed E-state index contributed by atoms with van der Waals surface area (Å²) in [5.74, 6) is -6.23. The van der Waals surface area contributed by atoms with E-state index in [-0.39, 0.29) is 23.4 Å². The van der Waals surface area contributed by atoms with Crippen molar-refractivity contribution in [3.05, 3.63) is 124 Å². The number of carbonyl (C=O) groups is 1. The number of amides is 1. The van der Waals surface area contributed by atoms with Crippen molar-refractivity contribution < 1.29 is 54.5 Å². The number of hydrogen-bond donors (Lipinski definition) is 3. The van der Waals surface area contributed by atoms with E-state index in [0.717, 1.165) is 31.4 Å². The zero-order valence-electron chi connectivity index (χ0n) is 23.4. The van der Waals surface area contributed by atoms with Crippen molar-refractivity contribution >= 4 is 15.7 Å². The number of hydrogen-bond acceptors (Lipinski definition) is 7. The second-order valence-corrected chi connectivity index (χ2v) is 11.9. The highest BCUT2D eigenvalue weighted by Gasteiger charge is 2.50. The number of nitriles is 1. The first kappa shape index (κ1) is 33.8. The van der Waals surface area contributed by atoms with Crippen LogP contribution in [0, 0.1) is 28.8 Å². The number of carbonyl (C=O) groups excluding carboxylic acids is 1. The molecule has 2 atom stereocenters. The van der Waals surface area contributed by atoms with Gasteiger partial charge in [-0.2, -0.15) is 18.4 Å². The molecule has 4 aromatic rings. The number of sulfone groups is 1. The lowest BCUT2D eigenvalue weighted by atomic mass is 9.85. The van der Waals surface area contributed by atoms with Gasteiger partial charge in [0.15, 0.2) is 33.0 Å². The van der Waals surface area contributed by atoms with Crippen LogP contribution in [0.5, 0.6) is 11.5 Å². The Hall–Kier alpha value is -5.07. The summed E-state index contributed by atoms with van der Waals surface area (Å²) in [7, 11) is -4.19. The van der Waals surface area contributed by atoms with Crippen molar-refractivity contribution in [3.63, 3.8) is 0 Å². The summed E-state index contributed by atoms with van der Waals surface area (Å²) in [5.41, 5.74) is -7.34. The second-order valence-electron chi connectivity index (χ2n) is 9.89. The molecule has 4 rings (SSSR count). The van der Waals surface area contributed by atoms with Gasteiger partial charge in [0.1, 0.15) is 16.6 Å². The fourth-order valence-corrected chi connectivity index (χ4v) is 6.85. The summed E-state index contributed by atoms with van der Waals surface area (Å²) in [6.07, 6.45) is -5.21. The summed E-state index contributed by atoms with van der Waals surface area (Å²) in [4.78, 5) is 12.0. The summed E-state index contributed by atoms with van der Waals surface area (Å²) >= 11 is 0. The number of phenolic OH excluding ortho intramolecular Hbond substituents is 1. The van der Waals surface area contributed by atoms with Crippen LogP contribution in [0.15, 0.2) is 83.8 Å². The van der Waals surface area contributed by atoms with E-state index in [1.54, 1.807) is 0 Å². The van der Waals surface area contributed by atoms with Crippen molar-refractivity contribution in [1.29, 1.82) is 5.26 Å². The van der Waals surface area contributed by atoms with E-state index in [0.29, 0.717) is 24.3 Å². The third kappa shape index (κ3) is 6.49. The molecule has 4 aromatic carbocycles. The molecule has 46 heavy (non-hydrogen) atoms. The fourth-order valence-electron chi connectivity index (χ4n) is 4.82. The first-order valence-electron chi connectivity index (χ1n) is 13.0. The average Bonchev–Trinajstić information content (AvgIpc) is 3.00. The highest BCUT2D eigenvalue weighted by molar-refractivity contribution is 7.91. The minimum atomic E-state index is -5.29. The SMILES string of the molecule is COc1ccc(C(O)(CNC(=O)c2ccccc2O)C(c2ccc(C#N)c(C(F)(F)F)c2)S(=O)(=O)c2ccc(F)c(F)c2)cc1F. The number of nitrogens with one attached hydrogen (secondary N) is 1. The quantitative estimate of drug-likeness (QED) is 0.158. The Morgan fingerprint density at radius 1 is 0.957 bits per heavy atom. The van der Waals surface area contributed by atoms with Crippen molar-refractivity contribution in [3.8, 4) is 17.6 Å². The van der Waals surface area contributed by atoms with Gasteiger partial charge in [-0.15, -0.1) is 0 Å². The molecule has 240 valence electrons. The summed E-state index contributed by atoms with van der Waals surface area (Å²) in [6, 6.07) is 12.0. The molecule has 0 fully saturated rings. The first-order valence-corrected chi connectivity index (χ1v) is 14.5. The molecule has 3 N–H and O–H groups in total. The molecule has 0 saturated heterocycles. The van der Waals surface area contributed by atoms with Crippen LogP contribution in [0.25, 0.3) is 0 Å². The van der Waals surface area contributed by atoms with Crippen LogP contribution in [0.4, 0.5) is 26.3 Å². The van der Waals surface area contributed by atoms with Crippen LogP contribution in [0.1, 0.15) is 37.9 Å². The minimum absolute atomic E-state index is 0.238. The normalized spacial score (nSPS) is 13.7. The molecule has 0 radical (unpaired) electrons. The van der Waals surface area contributed by atoms with E-state index in [2.05, 4.69) is 5.32 Å². The van der Waals surface area contributed by atoms with Crippen LogP contribution in [-0.2, 0) is 21.6 Å². The van der Waals surface area contributed by atoms with Crippen LogP contribution < -0.4 is 10.1 Å². The molecule has 0 aliphatic carbocycles. The lowest BCUT2D eigenvalue weighted by Crippen LogP contribution is -2.47. The van der Waals surface area contributed by atoms with E-state index in [4.69, 9.17) is 4.74 Å². The molecular weight excluding hydrogens is 642 g/mol. The maximum absolute atomic E-state index is 15.0. The number of benzene rings is 4. The van der Waals surface area contributed by atoms with Gasteiger partial charge in [-0.1, -0.05) is 24.3 Å². The Morgan fingerprint density at radius 3 is 2.24 bits per heavy atom. The lowest BCUT2D eigenvalue weighted by molar-refractivity contribution is -0.137. The largest absolute Gasteiger partial charge is 0.507 e. The van der Waals surface area contributed by atoms with Gasteiger partial charge >= 0.3 is 6.18 Å². The topological polar surface area (TPSA) is 137 Å². The van der Waals surface area contributed by atoms with Gasteiger partial charge in [-0.05, 0) is 65.7 Å². The molecule has 8 nitrogen and oxygen atoms in total. The molecule has 0 saturated carbocycles. The number of halogens is 6. The number of phenols is 1. The Kier molecular flexibility index (Phi) is 9.36. The van der Waals surface area contributed by atoms with Gasteiger partial charge in [0.25, 0.3) is 5.91 Å². The van der Waals surface area contributed by atoms with Crippen molar-refractivity contribution in [2.75, 3.05) is 13.7 Å². The summed E-state index contributed by atoms with van der Waals surface area (Å²) < 4.78 is 119. The smallest absolute Gasteiger partial charge is 0.417 e. The van der Waals surface area contributed by atoms with Gasteiger partial charge < -0.3 is 20.3 Å². The Balaban J connectivity index is 2.04. The molecule has 2 unspecified atom stereocenters. The zero-order valence-corrected chi connectivity index (χ0v) is 24.3. The van der Waals surface area contributed by atoms with Crippen LogP contribution >= 0.6 is 0 Å². The number of methoxy groups -OCH3 is 1. The highest BCUT2D eigenvalue weighted by Crippen LogP contribution is 2.46. The number of nitrogens with zero attached hydrogens (tertiary/aromatic N) is 1. The molecule has 1 amide bonds. The summed E-state index contributed by atoms with van der Waals surface area (Å²) in [6.45, 7) is -1.15. The van der Waals surface area contributed by atoms with Gasteiger partial charge in [0.05, 0.1) is 41.3 Å². The number of para-hydroxylation sites is 1. The summed E-state index contributed by atoms with van der Waals surface area (Å²) in [5, 5.41) is 31.3. The standard InChI is InChI=1S/C31H22F6N2O6S/c1-45-27-11-8-19(13-25(27)34)30(42,16-39-29(41)21-4-2-3-5-26(21)40)28(46(43,44)20-9-10-23(32)24(33)14-20)17-6-7-18(15-38)22(12-17)31(35,36)37/h2-14,28,40,42H,16H2,1H3,(H,39,41). The third-order valence-electron chi connectivity index (χ3n) is 7.05. The van der Waals surface area contributed by atoms with Crippen LogP contribution in [0.3, 0.4) is 0 Å². The number of ether oxygens (including phenoxy) is 1. The molecule has 0 aromatic heterocycles. The lowest BCUT2D eigenvalue weighted by Gasteiger charge is -2.37. The molecule has 0 bridgehead atoms. The molecule has 0 aliphatic heterocycles. The number of rotatable bonds is 9. The monoisotopic (exact) mass is 664 g/mol. The van der Waals surface area contributed by atoms with E-state index in [1.165, 1.54) is 24.3 Å². The average molecular weight is 665 g/mol. The van der Waals surface area contributed by atoms with E-state index < -0.39 is 89.7 Å². The molecule has 0 spiro atoms. The molecule has 0 aliphatic rings. The van der Waals surface area contributed by atoms with Crippen molar-refractivity contribution in [1.82, 2.24) is 5.32 Å². The Labute approximate surface area is 258 Å². The third-order valence-corrected chi connectivity index (χ3v) is 9.25. The number of aliphatic hydroxyl groups is 1. The van der Waals surface area contributed by atoms with Gasteiger partial charge in [-0.25, -0.2) is 21.6 Å². The van der Waals surface area contributed by atoms with E-state index in [9.17, 15) is 50.6 Å². The predicted octanol–water partition coefficient (Wildman–Crippen LogP) is 5.54. The first-order chi connectivity index (χ1) is 21.5. The fraction of sp³-hybridized carbons (Fsp3) is 0.161. The van der Waals surface area contributed by atoms with Crippen LogP contribution in [-0.4, -0.2) is 38.2 Å². The number of alkyl halides is 3. The van der Waals surface area contributed by atoms with Gasteiger partial charge in [0, 0.05) is 0 Å². The maximum atomic E-state index is 15.0. The molecular formula is C31H22F6N2O6S. The zero-order chi connectivity index (χ0) is 34.0. The molecule has 0 heterocycles.